The summed E-state index contributed by atoms with van der Waals surface area (Å²) in [5, 5.41) is 3.03. The highest BCUT2D eigenvalue weighted by Gasteiger charge is 2.19. The van der Waals surface area contributed by atoms with Crippen LogP contribution in [-0.4, -0.2) is 53.6 Å². The second-order valence-corrected chi connectivity index (χ2v) is 5.33. The zero-order valence-corrected chi connectivity index (χ0v) is 12.2. The van der Waals surface area contributed by atoms with Gasteiger partial charge in [0.2, 0.25) is 0 Å². The first-order valence-electron chi connectivity index (χ1n) is 7.21. The zero-order chi connectivity index (χ0) is 14.7. The summed E-state index contributed by atoms with van der Waals surface area (Å²) in [5.74, 6) is 0. The first-order chi connectivity index (χ1) is 10.2. The summed E-state index contributed by atoms with van der Waals surface area (Å²) in [7, 11) is 2.08. The summed E-state index contributed by atoms with van der Waals surface area (Å²) in [6.07, 6.45) is 3.95. The lowest BCUT2D eigenvalue weighted by molar-refractivity contribution is 0.164. The molecule has 2 heterocycles. The van der Waals surface area contributed by atoms with Gasteiger partial charge in [-0.05, 0) is 31.3 Å². The smallest absolute Gasteiger partial charge is 0.321 e. The van der Waals surface area contributed by atoms with Crippen LogP contribution < -0.4 is 5.32 Å². The van der Waals surface area contributed by atoms with Crippen molar-refractivity contribution in [3.05, 3.63) is 48.8 Å². The number of para-hydroxylation sites is 2. The van der Waals surface area contributed by atoms with Crippen molar-refractivity contribution >= 4 is 11.7 Å². The van der Waals surface area contributed by atoms with Gasteiger partial charge in [-0.2, -0.15) is 0 Å². The molecule has 0 unspecified atom stereocenters. The quantitative estimate of drug-likeness (QED) is 0.919. The summed E-state index contributed by atoms with van der Waals surface area (Å²) in [6.45, 7) is 3.39. The molecule has 0 bridgehead atoms. The zero-order valence-electron chi connectivity index (χ0n) is 12.2. The third-order valence-corrected chi connectivity index (χ3v) is 3.82. The van der Waals surface area contributed by atoms with Gasteiger partial charge in [-0.15, -0.1) is 0 Å². The normalized spacial score (nSPS) is 16.0. The first kappa shape index (κ1) is 13.7. The van der Waals surface area contributed by atoms with Gasteiger partial charge in [0.15, 0.2) is 0 Å². The molecule has 1 saturated heterocycles. The summed E-state index contributed by atoms with van der Waals surface area (Å²) >= 11 is 0. The Labute approximate surface area is 124 Å². The number of rotatable bonds is 2. The fraction of sp³-hybridized carbons (Fsp3) is 0.312. The lowest BCUT2D eigenvalue weighted by Gasteiger charge is -2.32. The molecule has 21 heavy (non-hydrogen) atoms. The molecular weight excluding hydrogens is 264 g/mol. The minimum Gasteiger partial charge on any atom is -0.322 e. The molecule has 3 rings (SSSR count). The monoisotopic (exact) mass is 284 g/mol. The maximum absolute atomic E-state index is 12.4. The number of nitrogens with one attached hydrogen (secondary N) is 1. The highest BCUT2D eigenvalue weighted by atomic mass is 16.2. The number of hydrogen-bond acceptors (Lipinski definition) is 2. The molecule has 1 fully saturated rings. The maximum Gasteiger partial charge on any atom is 0.321 e. The van der Waals surface area contributed by atoms with Crippen molar-refractivity contribution in [2.45, 2.75) is 0 Å². The van der Waals surface area contributed by atoms with Gasteiger partial charge in [-0.1, -0.05) is 12.1 Å². The molecule has 1 aliphatic rings. The van der Waals surface area contributed by atoms with E-state index in [4.69, 9.17) is 0 Å². The van der Waals surface area contributed by atoms with Gasteiger partial charge in [-0.25, -0.2) is 4.79 Å². The Morgan fingerprint density at radius 1 is 1.00 bits per heavy atom. The van der Waals surface area contributed by atoms with E-state index in [1.165, 1.54) is 0 Å². The van der Waals surface area contributed by atoms with Gasteiger partial charge >= 0.3 is 6.03 Å². The van der Waals surface area contributed by atoms with E-state index in [2.05, 4.69) is 17.3 Å². The molecular formula is C16H20N4O. The van der Waals surface area contributed by atoms with E-state index in [0.717, 1.165) is 37.6 Å². The Morgan fingerprint density at radius 2 is 1.67 bits per heavy atom. The van der Waals surface area contributed by atoms with Gasteiger partial charge in [0.05, 0.1) is 11.4 Å². The molecule has 0 spiro atoms. The van der Waals surface area contributed by atoms with Crippen molar-refractivity contribution in [1.82, 2.24) is 14.4 Å². The molecule has 2 amide bonds. The molecule has 1 aromatic heterocycles. The first-order valence-corrected chi connectivity index (χ1v) is 7.21. The van der Waals surface area contributed by atoms with Crippen molar-refractivity contribution in [1.29, 1.82) is 0 Å². The summed E-state index contributed by atoms with van der Waals surface area (Å²) in [4.78, 5) is 16.5. The SMILES string of the molecule is CN1CCN(C(=O)Nc2ccccc2-n2cccc2)CC1. The number of urea groups is 1. The number of amides is 2. The lowest BCUT2D eigenvalue weighted by atomic mass is 10.2. The third kappa shape index (κ3) is 3.08. The van der Waals surface area contributed by atoms with Crippen LogP contribution in [0.3, 0.4) is 0 Å². The van der Waals surface area contributed by atoms with E-state index in [1.54, 1.807) is 0 Å². The molecule has 110 valence electrons. The fourth-order valence-electron chi connectivity index (χ4n) is 2.50. The van der Waals surface area contributed by atoms with Crippen LogP contribution in [-0.2, 0) is 0 Å². The number of carbonyl (C=O) groups is 1. The Hall–Kier alpha value is -2.27. The maximum atomic E-state index is 12.4. The number of benzene rings is 1. The molecule has 5 heteroatoms. The minimum absolute atomic E-state index is 0.0253. The number of carbonyl (C=O) groups excluding carboxylic acids is 1. The van der Waals surface area contributed by atoms with E-state index in [0.29, 0.717) is 0 Å². The Bertz CT molecular complexity index is 600. The molecule has 1 N–H and O–H groups in total. The van der Waals surface area contributed by atoms with Crippen LogP contribution in [0.5, 0.6) is 0 Å². The van der Waals surface area contributed by atoms with Crippen molar-refractivity contribution < 1.29 is 4.79 Å². The predicted octanol–water partition coefficient (Wildman–Crippen LogP) is 2.26. The van der Waals surface area contributed by atoms with E-state index in [-0.39, 0.29) is 6.03 Å². The highest BCUT2D eigenvalue weighted by molar-refractivity contribution is 5.91. The molecule has 0 radical (unpaired) electrons. The van der Waals surface area contributed by atoms with E-state index in [1.807, 2.05) is 58.3 Å². The molecule has 0 saturated carbocycles. The second-order valence-electron chi connectivity index (χ2n) is 5.33. The Morgan fingerprint density at radius 3 is 2.38 bits per heavy atom. The number of nitrogens with zero attached hydrogens (tertiary/aromatic N) is 3. The van der Waals surface area contributed by atoms with E-state index >= 15 is 0 Å². The molecule has 1 aromatic carbocycles. The van der Waals surface area contributed by atoms with Crippen LogP contribution in [0.15, 0.2) is 48.8 Å². The molecule has 1 aliphatic heterocycles. The predicted molar refractivity (Wildman–Crippen MR) is 83.9 cm³/mol. The Kier molecular flexibility index (Phi) is 3.92. The van der Waals surface area contributed by atoms with Crippen LogP contribution >= 0.6 is 0 Å². The van der Waals surface area contributed by atoms with Crippen LogP contribution in [0.25, 0.3) is 5.69 Å². The van der Waals surface area contributed by atoms with Crippen molar-refractivity contribution in [2.24, 2.45) is 0 Å². The van der Waals surface area contributed by atoms with Crippen molar-refractivity contribution in [3.63, 3.8) is 0 Å². The summed E-state index contributed by atoms with van der Waals surface area (Å²) in [5.41, 5.74) is 1.81. The van der Waals surface area contributed by atoms with Crippen LogP contribution in [0.4, 0.5) is 10.5 Å². The number of hydrogen-bond donors (Lipinski definition) is 1. The standard InChI is InChI=1S/C16H20N4O/c1-18-10-12-20(13-11-18)16(21)17-14-6-2-3-7-15(14)19-8-4-5-9-19/h2-9H,10-13H2,1H3,(H,17,21). The average Bonchev–Trinajstić information content (AvgIpc) is 3.02. The highest BCUT2D eigenvalue weighted by Crippen LogP contribution is 2.20. The van der Waals surface area contributed by atoms with Gasteiger partial charge in [0, 0.05) is 38.6 Å². The van der Waals surface area contributed by atoms with E-state index < -0.39 is 0 Å². The van der Waals surface area contributed by atoms with Gasteiger partial charge in [0.1, 0.15) is 0 Å². The number of piperazine rings is 1. The number of likely N-dealkylation sites (N-methyl/N-ethyl adjacent to an activating group) is 1. The molecule has 0 atom stereocenters. The number of aromatic nitrogens is 1. The van der Waals surface area contributed by atoms with Crippen LogP contribution in [0, 0.1) is 0 Å². The molecule has 5 nitrogen and oxygen atoms in total. The largest absolute Gasteiger partial charge is 0.322 e. The third-order valence-electron chi connectivity index (χ3n) is 3.82. The second kappa shape index (κ2) is 6.01. The van der Waals surface area contributed by atoms with Crippen LogP contribution in [0.1, 0.15) is 0 Å². The number of anilines is 1. The summed E-state index contributed by atoms with van der Waals surface area (Å²) in [6, 6.07) is 11.8. The fourth-order valence-corrected chi connectivity index (χ4v) is 2.50. The van der Waals surface area contributed by atoms with Crippen molar-refractivity contribution in [2.75, 3.05) is 38.5 Å². The summed E-state index contributed by atoms with van der Waals surface area (Å²) < 4.78 is 2.00. The minimum atomic E-state index is -0.0253. The van der Waals surface area contributed by atoms with Crippen LogP contribution in [0.2, 0.25) is 0 Å². The average molecular weight is 284 g/mol. The molecule has 2 aromatic rings. The topological polar surface area (TPSA) is 40.5 Å². The lowest BCUT2D eigenvalue weighted by Crippen LogP contribution is -2.48. The van der Waals surface area contributed by atoms with E-state index in [9.17, 15) is 4.79 Å². The van der Waals surface area contributed by atoms with Gasteiger partial charge in [-0.3, -0.25) is 0 Å². The van der Waals surface area contributed by atoms with Crippen molar-refractivity contribution in [3.8, 4) is 5.69 Å². The van der Waals surface area contributed by atoms with Gasteiger partial charge < -0.3 is 19.7 Å². The molecule has 0 aliphatic carbocycles. The Balaban J connectivity index is 1.75. The van der Waals surface area contributed by atoms with Gasteiger partial charge in [0.25, 0.3) is 0 Å².